The van der Waals surface area contributed by atoms with E-state index in [1.165, 1.54) is 5.56 Å². The van der Waals surface area contributed by atoms with Gasteiger partial charge in [-0.15, -0.1) is 24.0 Å². The highest BCUT2D eigenvalue weighted by molar-refractivity contribution is 14.0. The minimum absolute atomic E-state index is 0. The molecule has 1 aliphatic rings. The number of halogens is 1. The molecular formula is C19H33IN4O. The number of benzene rings is 1. The predicted octanol–water partition coefficient (Wildman–Crippen LogP) is 2.89. The van der Waals surface area contributed by atoms with E-state index in [4.69, 9.17) is 4.74 Å². The third-order valence-corrected chi connectivity index (χ3v) is 4.42. The second kappa shape index (κ2) is 10.9. The molecule has 6 heteroatoms. The molecule has 1 aromatic carbocycles. The second-order valence-electron chi connectivity index (χ2n) is 6.86. The van der Waals surface area contributed by atoms with Crippen LogP contribution in [0, 0.1) is 0 Å². The molecular weight excluding hydrogens is 427 g/mol. The van der Waals surface area contributed by atoms with Crippen molar-refractivity contribution in [2.45, 2.75) is 52.3 Å². The van der Waals surface area contributed by atoms with E-state index in [-0.39, 0.29) is 30.1 Å². The van der Waals surface area contributed by atoms with Crippen molar-refractivity contribution in [3.8, 4) is 5.75 Å². The SMILES string of the molecule is CN=C(NCCN(C(C)C)C(C)C)NCC1Cc2ccccc2O1.I. The Bertz CT molecular complexity index is 515. The monoisotopic (exact) mass is 460 g/mol. The molecule has 1 unspecified atom stereocenters. The summed E-state index contributed by atoms with van der Waals surface area (Å²) in [6.07, 6.45) is 1.12. The molecule has 0 aliphatic carbocycles. The summed E-state index contributed by atoms with van der Waals surface area (Å²) in [6.45, 7) is 11.6. The first kappa shape index (κ1) is 22.0. The van der Waals surface area contributed by atoms with E-state index >= 15 is 0 Å². The normalized spacial score (nSPS) is 16.6. The van der Waals surface area contributed by atoms with Crippen LogP contribution in [0.2, 0.25) is 0 Å². The second-order valence-corrected chi connectivity index (χ2v) is 6.86. The summed E-state index contributed by atoms with van der Waals surface area (Å²) in [5.41, 5.74) is 1.29. The average Bonchev–Trinajstić information content (AvgIpc) is 2.96. The Balaban J connectivity index is 0.00000312. The molecule has 0 fully saturated rings. The van der Waals surface area contributed by atoms with E-state index in [0.29, 0.717) is 12.1 Å². The van der Waals surface area contributed by atoms with Gasteiger partial charge in [0.25, 0.3) is 0 Å². The Morgan fingerprint density at radius 1 is 1.20 bits per heavy atom. The van der Waals surface area contributed by atoms with Crippen LogP contribution in [0.5, 0.6) is 5.75 Å². The Hall–Kier alpha value is -1.02. The maximum absolute atomic E-state index is 5.95. The average molecular weight is 460 g/mol. The van der Waals surface area contributed by atoms with Gasteiger partial charge >= 0.3 is 0 Å². The van der Waals surface area contributed by atoms with Gasteiger partial charge in [0.15, 0.2) is 5.96 Å². The number of rotatable bonds is 7. The van der Waals surface area contributed by atoms with Crippen molar-refractivity contribution < 1.29 is 4.74 Å². The molecule has 1 aliphatic heterocycles. The van der Waals surface area contributed by atoms with Gasteiger partial charge in [-0.05, 0) is 39.3 Å². The third kappa shape index (κ3) is 6.66. The van der Waals surface area contributed by atoms with Crippen molar-refractivity contribution in [1.29, 1.82) is 0 Å². The predicted molar refractivity (Wildman–Crippen MR) is 116 cm³/mol. The molecule has 0 spiro atoms. The lowest BCUT2D eigenvalue weighted by molar-refractivity contribution is 0.178. The van der Waals surface area contributed by atoms with Crippen LogP contribution in [0.3, 0.4) is 0 Å². The molecule has 2 rings (SSSR count). The van der Waals surface area contributed by atoms with E-state index in [1.54, 1.807) is 0 Å². The number of guanidine groups is 1. The molecule has 0 saturated heterocycles. The van der Waals surface area contributed by atoms with Crippen LogP contribution >= 0.6 is 24.0 Å². The molecule has 0 amide bonds. The number of fused-ring (bicyclic) bond motifs is 1. The van der Waals surface area contributed by atoms with Crippen molar-refractivity contribution in [3.63, 3.8) is 0 Å². The molecule has 0 saturated carbocycles. The van der Waals surface area contributed by atoms with Gasteiger partial charge in [0.1, 0.15) is 11.9 Å². The van der Waals surface area contributed by atoms with Gasteiger partial charge < -0.3 is 15.4 Å². The Morgan fingerprint density at radius 2 is 1.88 bits per heavy atom. The van der Waals surface area contributed by atoms with E-state index < -0.39 is 0 Å². The fraction of sp³-hybridized carbons (Fsp3) is 0.632. The van der Waals surface area contributed by atoms with Gasteiger partial charge in [0.2, 0.25) is 0 Å². The topological polar surface area (TPSA) is 48.9 Å². The molecule has 5 nitrogen and oxygen atoms in total. The van der Waals surface area contributed by atoms with E-state index in [0.717, 1.165) is 37.8 Å². The summed E-state index contributed by atoms with van der Waals surface area (Å²) < 4.78 is 5.95. The van der Waals surface area contributed by atoms with Gasteiger partial charge in [-0.2, -0.15) is 0 Å². The van der Waals surface area contributed by atoms with Crippen LogP contribution in [0.15, 0.2) is 29.3 Å². The summed E-state index contributed by atoms with van der Waals surface area (Å²) in [7, 11) is 1.81. The molecule has 1 heterocycles. The quantitative estimate of drug-likeness (QED) is 0.373. The number of nitrogens with one attached hydrogen (secondary N) is 2. The first-order valence-electron chi connectivity index (χ1n) is 8.96. The van der Waals surface area contributed by atoms with Gasteiger partial charge in [-0.3, -0.25) is 9.89 Å². The first-order valence-corrected chi connectivity index (χ1v) is 8.96. The number of para-hydroxylation sites is 1. The standard InChI is InChI=1S/C19H32N4O.HI/c1-14(2)23(15(3)4)11-10-21-19(20-5)22-13-17-12-16-8-6-7-9-18(16)24-17;/h6-9,14-15,17H,10-13H2,1-5H3,(H2,20,21,22);1H. The maximum atomic E-state index is 5.95. The minimum Gasteiger partial charge on any atom is -0.488 e. The fourth-order valence-electron chi connectivity index (χ4n) is 3.21. The lowest BCUT2D eigenvalue weighted by Crippen LogP contribution is -2.46. The molecule has 0 bridgehead atoms. The minimum atomic E-state index is 0. The highest BCUT2D eigenvalue weighted by Crippen LogP contribution is 2.27. The number of hydrogen-bond acceptors (Lipinski definition) is 3. The van der Waals surface area contributed by atoms with Crippen LogP contribution in [0.25, 0.3) is 0 Å². The molecule has 142 valence electrons. The number of hydrogen-bond donors (Lipinski definition) is 2. The van der Waals surface area contributed by atoms with Gasteiger partial charge in [0, 0.05) is 38.6 Å². The van der Waals surface area contributed by atoms with Crippen LogP contribution in [0.4, 0.5) is 0 Å². The summed E-state index contributed by atoms with van der Waals surface area (Å²) in [5.74, 6) is 1.85. The molecule has 25 heavy (non-hydrogen) atoms. The zero-order valence-corrected chi connectivity index (χ0v) is 18.4. The molecule has 1 aromatic rings. The van der Waals surface area contributed by atoms with Crippen molar-refractivity contribution in [2.75, 3.05) is 26.7 Å². The summed E-state index contributed by atoms with van der Waals surface area (Å²) >= 11 is 0. The molecule has 2 N–H and O–H groups in total. The van der Waals surface area contributed by atoms with Gasteiger partial charge in [-0.25, -0.2) is 0 Å². The summed E-state index contributed by atoms with van der Waals surface area (Å²) in [6, 6.07) is 9.35. The van der Waals surface area contributed by atoms with Crippen molar-refractivity contribution >= 4 is 29.9 Å². The van der Waals surface area contributed by atoms with Crippen molar-refractivity contribution in [1.82, 2.24) is 15.5 Å². The summed E-state index contributed by atoms with van der Waals surface area (Å²) in [5, 5.41) is 6.77. The van der Waals surface area contributed by atoms with E-state index in [2.05, 4.69) is 60.4 Å². The number of nitrogens with zero attached hydrogens (tertiary/aromatic N) is 2. The summed E-state index contributed by atoms with van der Waals surface area (Å²) in [4.78, 5) is 6.77. The van der Waals surface area contributed by atoms with E-state index in [9.17, 15) is 0 Å². The Morgan fingerprint density at radius 3 is 2.48 bits per heavy atom. The van der Waals surface area contributed by atoms with Crippen LogP contribution in [-0.2, 0) is 6.42 Å². The number of aliphatic imine (C=N–C) groups is 1. The first-order chi connectivity index (χ1) is 11.5. The fourth-order valence-corrected chi connectivity index (χ4v) is 3.21. The van der Waals surface area contributed by atoms with Crippen LogP contribution < -0.4 is 15.4 Å². The van der Waals surface area contributed by atoms with Gasteiger partial charge in [-0.1, -0.05) is 18.2 Å². The third-order valence-electron chi connectivity index (χ3n) is 4.42. The largest absolute Gasteiger partial charge is 0.488 e. The zero-order chi connectivity index (χ0) is 17.5. The molecule has 0 radical (unpaired) electrons. The van der Waals surface area contributed by atoms with Crippen molar-refractivity contribution in [2.24, 2.45) is 4.99 Å². The Kier molecular flexibility index (Phi) is 9.56. The lowest BCUT2D eigenvalue weighted by atomic mass is 10.1. The lowest BCUT2D eigenvalue weighted by Gasteiger charge is -2.30. The molecule has 1 atom stereocenters. The van der Waals surface area contributed by atoms with Gasteiger partial charge in [0.05, 0.1) is 6.54 Å². The maximum Gasteiger partial charge on any atom is 0.191 e. The molecule has 0 aromatic heterocycles. The smallest absolute Gasteiger partial charge is 0.191 e. The zero-order valence-electron chi connectivity index (χ0n) is 16.1. The van der Waals surface area contributed by atoms with Crippen LogP contribution in [0.1, 0.15) is 33.3 Å². The highest BCUT2D eigenvalue weighted by Gasteiger charge is 2.22. The van der Waals surface area contributed by atoms with Crippen LogP contribution in [-0.4, -0.2) is 55.7 Å². The Labute approximate surface area is 169 Å². The highest BCUT2D eigenvalue weighted by atomic mass is 127. The van der Waals surface area contributed by atoms with E-state index in [1.807, 2.05) is 19.2 Å². The van der Waals surface area contributed by atoms with Crippen molar-refractivity contribution in [3.05, 3.63) is 29.8 Å². The number of ether oxygens (including phenoxy) is 1.